The van der Waals surface area contributed by atoms with Crippen LogP contribution in [0.3, 0.4) is 0 Å². The third-order valence-electron chi connectivity index (χ3n) is 5.14. The molecule has 1 aliphatic rings. The average Bonchev–Trinajstić information content (AvgIpc) is 3.29. The number of hydrogen-bond acceptors (Lipinski definition) is 4. The van der Waals surface area contributed by atoms with Gasteiger partial charge < -0.3 is 9.72 Å². The fourth-order valence-corrected chi connectivity index (χ4v) is 4.02. The van der Waals surface area contributed by atoms with Gasteiger partial charge >= 0.3 is 0 Å². The lowest BCUT2D eigenvalue weighted by Crippen LogP contribution is -2.13. The maximum Gasteiger partial charge on any atom is 0.262 e. The fraction of sp³-hybridized carbons (Fsp3) is 0.450. The third kappa shape index (κ3) is 3.23. The van der Waals surface area contributed by atoms with E-state index < -0.39 is 0 Å². The van der Waals surface area contributed by atoms with E-state index in [1.807, 2.05) is 24.6 Å². The van der Waals surface area contributed by atoms with Gasteiger partial charge in [0.1, 0.15) is 17.0 Å². The molecule has 1 aromatic carbocycles. The molecule has 142 valence electrons. The average molecular weight is 387 g/mol. The van der Waals surface area contributed by atoms with E-state index in [1.54, 1.807) is 12.1 Å². The SMILES string of the molecule is CCOc1cc(Cl)ccc1-c1nc2c(c(CC)nn2C2CCCC2)c(=O)[nH]1. The molecule has 4 rings (SSSR count). The van der Waals surface area contributed by atoms with E-state index in [4.69, 9.17) is 26.4 Å². The van der Waals surface area contributed by atoms with E-state index in [0.717, 1.165) is 24.1 Å². The summed E-state index contributed by atoms with van der Waals surface area (Å²) >= 11 is 6.11. The smallest absolute Gasteiger partial charge is 0.262 e. The van der Waals surface area contributed by atoms with E-state index in [2.05, 4.69) is 4.98 Å². The molecule has 0 unspecified atom stereocenters. The number of benzene rings is 1. The molecule has 0 aliphatic heterocycles. The molecule has 0 spiro atoms. The molecule has 3 aromatic rings. The van der Waals surface area contributed by atoms with Crippen LogP contribution in [0.2, 0.25) is 5.02 Å². The minimum atomic E-state index is -0.159. The molecule has 0 atom stereocenters. The molecule has 0 amide bonds. The van der Waals surface area contributed by atoms with Gasteiger partial charge in [0.25, 0.3) is 5.56 Å². The van der Waals surface area contributed by atoms with Crippen LogP contribution in [0.25, 0.3) is 22.4 Å². The number of halogens is 1. The van der Waals surface area contributed by atoms with Gasteiger partial charge in [0, 0.05) is 5.02 Å². The molecular formula is C20H23ClN4O2. The molecule has 6 nitrogen and oxygen atoms in total. The summed E-state index contributed by atoms with van der Waals surface area (Å²) < 4.78 is 7.68. The van der Waals surface area contributed by atoms with Crippen LogP contribution >= 0.6 is 11.6 Å². The van der Waals surface area contributed by atoms with Crippen LogP contribution in [0.1, 0.15) is 51.3 Å². The van der Waals surface area contributed by atoms with Gasteiger partial charge in [0.05, 0.1) is 23.9 Å². The Morgan fingerprint density at radius 1 is 1.30 bits per heavy atom. The zero-order chi connectivity index (χ0) is 19.0. The van der Waals surface area contributed by atoms with Crippen molar-refractivity contribution in [3.8, 4) is 17.1 Å². The van der Waals surface area contributed by atoms with Crippen molar-refractivity contribution < 1.29 is 4.74 Å². The van der Waals surface area contributed by atoms with Crippen molar-refractivity contribution in [2.24, 2.45) is 0 Å². The number of aryl methyl sites for hydroxylation is 1. The Morgan fingerprint density at radius 2 is 2.07 bits per heavy atom. The van der Waals surface area contributed by atoms with Crippen molar-refractivity contribution in [1.82, 2.24) is 19.7 Å². The van der Waals surface area contributed by atoms with Gasteiger partial charge in [-0.1, -0.05) is 31.4 Å². The van der Waals surface area contributed by atoms with E-state index in [1.165, 1.54) is 12.8 Å². The standard InChI is InChI=1S/C20H23ClN4O2/c1-3-15-17-19(25(24-15)13-7-5-6-8-13)22-18(23-20(17)26)14-10-9-12(21)11-16(14)27-4-2/h9-11,13H,3-8H2,1-2H3,(H,22,23,26). The predicted octanol–water partition coefficient (Wildman–Crippen LogP) is 4.52. The van der Waals surface area contributed by atoms with Crippen molar-refractivity contribution in [2.75, 3.05) is 6.61 Å². The molecule has 7 heteroatoms. The van der Waals surface area contributed by atoms with Crippen LogP contribution in [0.5, 0.6) is 5.75 Å². The van der Waals surface area contributed by atoms with Crippen molar-refractivity contribution in [3.05, 3.63) is 39.3 Å². The number of hydrogen-bond donors (Lipinski definition) is 1. The van der Waals surface area contributed by atoms with Crippen LogP contribution in [0.15, 0.2) is 23.0 Å². The monoisotopic (exact) mass is 386 g/mol. The summed E-state index contributed by atoms with van der Waals surface area (Å²) in [5.41, 5.74) is 2.03. The Morgan fingerprint density at radius 3 is 2.78 bits per heavy atom. The highest BCUT2D eigenvalue weighted by Gasteiger charge is 2.24. The minimum absolute atomic E-state index is 0.159. The number of ether oxygens (including phenoxy) is 1. The molecule has 0 saturated heterocycles. The second-order valence-electron chi connectivity index (χ2n) is 6.87. The Kier molecular flexibility index (Phi) is 4.91. The first kappa shape index (κ1) is 18.0. The highest BCUT2D eigenvalue weighted by molar-refractivity contribution is 6.30. The van der Waals surface area contributed by atoms with E-state index in [9.17, 15) is 4.79 Å². The van der Waals surface area contributed by atoms with E-state index >= 15 is 0 Å². The number of aromatic nitrogens is 4. The zero-order valence-electron chi connectivity index (χ0n) is 15.6. The number of fused-ring (bicyclic) bond motifs is 1. The van der Waals surface area contributed by atoms with Crippen molar-refractivity contribution in [3.63, 3.8) is 0 Å². The second-order valence-corrected chi connectivity index (χ2v) is 7.31. The summed E-state index contributed by atoms with van der Waals surface area (Å²) in [5, 5.41) is 5.92. The molecular weight excluding hydrogens is 364 g/mol. The number of aromatic amines is 1. The third-order valence-corrected chi connectivity index (χ3v) is 5.37. The Bertz CT molecular complexity index is 1030. The maximum atomic E-state index is 12.9. The molecule has 1 aliphatic carbocycles. The first-order valence-electron chi connectivity index (χ1n) is 9.56. The van der Waals surface area contributed by atoms with Gasteiger partial charge in [-0.25, -0.2) is 9.67 Å². The van der Waals surface area contributed by atoms with Crippen LogP contribution < -0.4 is 10.3 Å². The van der Waals surface area contributed by atoms with Gasteiger partial charge in [-0.2, -0.15) is 5.10 Å². The molecule has 27 heavy (non-hydrogen) atoms. The summed E-state index contributed by atoms with van der Waals surface area (Å²) in [6, 6.07) is 5.66. The van der Waals surface area contributed by atoms with Gasteiger partial charge in [-0.15, -0.1) is 0 Å². The zero-order valence-corrected chi connectivity index (χ0v) is 16.3. The normalized spacial score (nSPS) is 14.9. The Hall–Kier alpha value is -2.34. The Balaban J connectivity index is 1.93. The number of nitrogens with zero attached hydrogens (tertiary/aromatic N) is 3. The van der Waals surface area contributed by atoms with Crippen molar-refractivity contribution >= 4 is 22.6 Å². The number of nitrogens with one attached hydrogen (secondary N) is 1. The van der Waals surface area contributed by atoms with E-state index in [0.29, 0.717) is 46.7 Å². The lowest BCUT2D eigenvalue weighted by atomic mass is 10.1. The van der Waals surface area contributed by atoms with Gasteiger partial charge in [-0.05, 0) is 44.4 Å². The summed E-state index contributed by atoms with van der Waals surface area (Å²) in [6.07, 6.45) is 5.24. The minimum Gasteiger partial charge on any atom is -0.493 e. The predicted molar refractivity (Wildman–Crippen MR) is 107 cm³/mol. The van der Waals surface area contributed by atoms with Crippen molar-refractivity contribution in [1.29, 1.82) is 0 Å². The van der Waals surface area contributed by atoms with Gasteiger partial charge in [-0.3, -0.25) is 4.79 Å². The van der Waals surface area contributed by atoms with Crippen LogP contribution in [-0.2, 0) is 6.42 Å². The molecule has 1 N–H and O–H groups in total. The van der Waals surface area contributed by atoms with Gasteiger partial charge in [0.15, 0.2) is 5.65 Å². The maximum absolute atomic E-state index is 12.9. The van der Waals surface area contributed by atoms with E-state index in [-0.39, 0.29) is 5.56 Å². The first-order valence-corrected chi connectivity index (χ1v) is 9.94. The molecule has 1 saturated carbocycles. The molecule has 2 aromatic heterocycles. The summed E-state index contributed by atoms with van der Waals surface area (Å²) in [4.78, 5) is 20.6. The molecule has 0 radical (unpaired) electrons. The second kappa shape index (κ2) is 7.35. The number of rotatable bonds is 5. The largest absolute Gasteiger partial charge is 0.493 e. The highest BCUT2D eigenvalue weighted by atomic mass is 35.5. The fourth-order valence-electron chi connectivity index (χ4n) is 3.86. The quantitative estimate of drug-likeness (QED) is 0.699. The number of H-pyrrole nitrogens is 1. The summed E-state index contributed by atoms with van der Waals surface area (Å²) in [7, 11) is 0. The summed E-state index contributed by atoms with van der Waals surface area (Å²) in [5.74, 6) is 1.09. The Labute approximate surface area is 162 Å². The first-order chi connectivity index (χ1) is 13.1. The lowest BCUT2D eigenvalue weighted by Gasteiger charge is -2.12. The van der Waals surface area contributed by atoms with Crippen LogP contribution in [0, 0.1) is 0 Å². The van der Waals surface area contributed by atoms with Gasteiger partial charge in [0.2, 0.25) is 0 Å². The molecule has 2 heterocycles. The van der Waals surface area contributed by atoms with Crippen LogP contribution in [0.4, 0.5) is 0 Å². The topological polar surface area (TPSA) is 72.8 Å². The van der Waals surface area contributed by atoms with Crippen LogP contribution in [-0.4, -0.2) is 26.4 Å². The van der Waals surface area contributed by atoms with Crippen molar-refractivity contribution in [2.45, 2.75) is 52.0 Å². The lowest BCUT2D eigenvalue weighted by molar-refractivity contribution is 0.341. The molecule has 0 bridgehead atoms. The highest BCUT2D eigenvalue weighted by Crippen LogP contribution is 2.34. The molecule has 1 fully saturated rings. The summed E-state index contributed by atoms with van der Waals surface area (Å²) in [6.45, 7) is 4.42.